The number of ether oxygens (including phenoxy) is 2. The number of hydrogen-bond acceptors (Lipinski definition) is 9. The third-order valence-corrected chi connectivity index (χ3v) is 11.0. The standard InChI is InChI=1S/C38H39N5O8/c1-7-9-21-10-8-11-23(33(21)45)32-22-12-15-42-36(48)41(37(49)43(42)27(22)17-24-29(44)16-20(2)34(46)38(24,32)3)14-13-25-35(47)40(4)28-19-31(51-6)30(50-5)18-26(28)39-25/h7-8,10-12,16,18-19,24,27,32,45H,1,9,13-15,17H2,2-6H3/t24-,27+,32+,38+/m0/s1. The largest absolute Gasteiger partial charge is 0.507 e. The molecule has 264 valence electrons. The number of rotatable bonds is 8. The molecule has 0 amide bonds. The maximum atomic E-state index is 14.2. The first-order chi connectivity index (χ1) is 24.4. The average Bonchev–Trinajstić information content (AvgIpc) is 3.36. The Labute approximate surface area is 292 Å². The minimum absolute atomic E-state index is 0.00444. The van der Waals surface area contributed by atoms with Crippen LogP contribution >= 0.6 is 0 Å². The van der Waals surface area contributed by atoms with Crippen molar-refractivity contribution in [1.29, 1.82) is 0 Å². The number of para-hydroxylation sites is 1. The lowest BCUT2D eigenvalue weighted by Gasteiger charge is -2.52. The van der Waals surface area contributed by atoms with Crippen LogP contribution in [0.2, 0.25) is 0 Å². The predicted octanol–water partition coefficient (Wildman–Crippen LogP) is 3.14. The SMILES string of the molecule is C=CCc1cccc([C@H]2C3=CCn4c(=O)n(CCc5nc6cc(OC)c(OC)cc6n(C)c5=O)c(=O)n4[C@@H]3C[C@H]3C(=O)C=C(C)C(=O)[C@@]23C)c1O. The van der Waals surface area contributed by atoms with Gasteiger partial charge in [0.2, 0.25) is 0 Å². The molecule has 4 atom stereocenters. The number of ketones is 2. The molecule has 0 unspecified atom stereocenters. The van der Waals surface area contributed by atoms with Crippen molar-refractivity contribution < 1.29 is 24.2 Å². The fourth-order valence-corrected chi connectivity index (χ4v) is 8.49. The van der Waals surface area contributed by atoms with E-state index in [0.717, 1.165) is 4.57 Å². The van der Waals surface area contributed by atoms with Gasteiger partial charge in [-0.15, -0.1) is 6.58 Å². The average molecular weight is 694 g/mol. The lowest BCUT2D eigenvalue weighted by Crippen LogP contribution is -2.54. The minimum Gasteiger partial charge on any atom is -0.507 e. The normalized spacial score (nSPS) is 22.5. The molecule has 0 bridgehead atoms. The number of nitrogens with zero attached hydrogens (tertiary/aromatic N) is 5. The number of Topliss-reactive ketones (excluding diaryl/α,β-unsaturated/α-hetero) is 1. The van der Waals surface area contributed by atoms with Gasteiger partial charge in [0.05, 0.1) is 43.3 Å². The first-order valence-corrected chi connectivity index (χ1v) is 16.8. The molecular weight excluding hydrogens is 654 g/mol. The summed E-state index contributed by atoms with van der Waals surface area (Å²) in [6, 6.07) is 7.91. The van der Waals surface area contributed by atoms with Crippen LogP contribution in [0.15, 0.2) is 80.7 Å². The smallest absolute Gasteiger partial charge is 0.347 e. The molecule has 51 heavy (non-hydrogen) atoms. The summed E-state index contributed by atoms with van der Waals surface area (Å²) in [5.41, 5.74) is 0.486. The Kier molecular flexibility index (Phi) is 8.11. The molecular formula is C38H39N5O8. The molecule has 0 saturated heterocycles. The highest BCUT2D eigenvalue weighted by atomic mass is 16.5. The van der Waals surface area contributed by atoms with Crippen LogP contribution in [-0.2, 0) is 42.6 Å². The second-order valence-corrected chi connectivity index (χ2v) is 13.6. The van der Waals surface area contributed by atoms with Gasteiger partial charge in [-0.05, 0) is 42.6 Å². The molecule has 2 aromatic carbocycles. The van der Waals surface area contributed by atoms with E-state index in [2.05, 4.69) is 11.6 Å². The van der Waals surface area contributed by atoms with Gasteiger partial charge in [-0.25, -0.2) is 28.5 Å². The van der Waals surface area contributed by atoms with Crippen LogP contribution in [0.5, 0.6) is 17.2 Å². The Morgan fingerprint density at radius 3 is 2.51 bits per heavy atom. The summed E-state index contributed by atoms with van der Waals surface area (Å²) in [5.74, 6) is -1.13. The monoisotopic (exact) mass is 693 g/mol. The summed E-state index contributed by atoms with van der Waals surface area (Å²) in [7, 11) is 4.61. The number of hydrogen-bond donors (Lipinski definition) is 1. The van der Waals surface area contributed by atoms with Crippen LogP contribution in [0, 0.1) is 11.3 Å². The molecule has 3 aliphatic rings. The first-order valence-electron chi connectivity index (χ1n) is 16.8. The molecule has 7 rings (SSSR count). The number of benzene rings is 2. The topological polar surface area (TPSA) is 157 Å². The lowest BCUT2D eigenvalue weighted by molar-refractivity contribution is -0.139. The van der Waals surface area contributed by atoms with Gasteiger partial charge in [-0.1, -0.05) is 37.3 Å². The summed E-state index contributed by atoms with van der Waals surface area (Å²) in [4.78, 5) is 73.8. The van der Waals surface area contributed by atoms with Crippen molar-refractivity contribution >= 4 is 22.6 Å². The molecule has 4 aromatic rings. The van der Waals surface area contributed by atoms with Crippen molar-refractivity contribution in [2.75, 3.05) is 14.2 Å². The lowest BCUT2D eigenvalue weighted by atomic mass is 9.50. The van der Waals surface area contributed by atoms with Crippen LogP contribution in [0.4, 0.5) is 0 Å². The summed E-state index contributed by atoms with van der Waals surface area (Å²) in [5, 5.41) is 11.6. The predicted molar refractivity (Wildman–Crippen MR) is 189 cm³/mol. The van der Waals surface area contributed by atoms with Crippen LogP contribution in [-0.4, -0.2) is 54.4 Å². The molecule has 13 nitrogen and oxygen atoms in total. The molecule has 1 saturated carbocycles. The highest BCUT2D eigenvalue weighted by Crippen LogP contribution is 2.61. The summed E-state index contributed by atoms with van der Waals surface area (Å²) in [6.07, 6.45) is 5.37. The van der Waals surface area contributed by atoms with E-state index in [4.69, 9.17) is 9.47 Å². The van der Waals surface area contributed by atoms with Gasteiger partial charge in [0.1, 0.15) is 11.4 Å². The minimum atomic E-state index is -1.24. The molecule has 2 aliphatic carbocycles. The van der Waals surface area contributed by atoms with Crippen molar-refractivity contribution in [2.45, 2.75) is 58.2 Å². The van der Waals surface area contributed by atoms with Crippen molar-refractivity contribution in [3.05, 3.63) is 114 Å². The second-order valence-electron chi connectivity index (χ2n) is 13.6. The van der Waals surface area contributed by atoms with E-state index in [1.807, 2.05) is 6.08 Å². The van der Waals surface area contributed by atoms with E-state index in [0.29, 0.717) is 51.2 Å². The van der Waals surface area contributed by atoms with E-state index >= 15 is 0 Å². The molecule has 3 heterocycles. The van der Waals surface area contributed by atoms with Crippen molar-refractivity contribution in [3.63, 3.8) is 0 Å². The van der Waals surface area contributed by atoms with Gasteiger partial charge in [-0.3, -0.25) is 14.4 Å². The molecule has 0 radical (unpaired) electrons. The number of carbonyl (C=O) groups is 2. The Bertz CT molecular complexity index is 2420. The Hall–Kier alpha value is -5.72. The van der Waals surface area contributed by atoms with Crippen LogP contribution in [0.3, 0.4) is 0 Å². The number of aromatic nitrogens is 5. The van der Waals surface area contributed by atoms with Gasteiger partial charge in [0.25, 0.3) is 5.56 Å². The molecule has 1 N–H and O–H groups in total. The maximum Gasteiger partial charge on any atom is 0.347 e. The van der Waals surface area contributed by atoms with E-state index < -0.39 is 34.7 Å². The van der Waals surface area contributed by atoms with Gasteiger partial charge in [-0.2, -0.15) is 0 Å². The Morgan fingerprint density at radius 2 is 1.80 bits per heavy atom. The van der Waals surface area contributed by atoms with E-state index in [1.165, 1.54) is 34.2 Å². The number of carbonyl (C=O) groups excluding carboxylic acids is 2. The molecule has 1 fully saturated rings. The highest BCUT2D eigenvalue weighted by Gasteiger charge is 2.60. The number of fused-ring (bicyclic) bond motifs is 5. The van der Waals surface area contributed by atoms with Crippen LogP contribution in [0.25, 0.3) is 11.0 Å². The fraction of sp³-hybridized carbons (Fsp3) is 0.368. The number of methoxy groups -OCH3 is 2. The summed E-state index contributed by atoms with van der Waals surface area (Å²) in [6.45, 7) is 7.11. The van der Waals surface area contributed by atoms with Gasteiger partial charge < -0.3 is 19.1 Å². The highest BCUT2D eigenvalue weighted by molar-refractivity contribution is 6.13. The molecule has 0 spiro atoms. The number of allylic oxidation sites excluding steroid dienone is 5. The second kappa shape index (κ2) is 12.3. The molecule has 13 heteroatoms. The van der Waals surface area contributed by atoms with Gasteiger partial charge in [0, 0.05) is 49.5 Å². The zero-order valence-corrected chi connectivity index (χ0v) is 29.1. The molecule has 2 aromatic heterocycles. The Balaban J connectivity index is 1.31. The number of phenols is 1. The zero-order chi connectivity index (χ0) is 36.5. The van der Waals surface area contributed by atoms with Crippen molar-refractivity contribution in [2.24, 2.45) is 18.4 Å². The van der Waals surface area contributed by atoms with Crippen molar-refractivity contribution in [1.82, 2.24) is 23.5 Å². The maximum absolute atomic E-state index is 14.2. The number of aryl methyl sites for hydroxylation is 2. The van der Waals surface area contributed by atoms with Gasteiger partial charge >= 0.3 is 11.4 Å². The van der Waals surface area contributed by atoms with E-state index in [9.17, 15) is 29.1 Å². The number of aromatic hydroxyl groups is 1. The fourth-order valence-electron chi connectivity index (χ4n) is 8.49. The van der Waals surface area contributed by atoms with E-state index in [-0.39, 0.29) is 54.5 Å². The first kappa shape index (κ1) is 33.8. The summed E-state index contributed by atoms with van der Waals surface area (Å²) >= 11 is 0. The number of phenolic OH excluding ortho intramolecular Hbond substituents is 1. The van der Waals surface area contributed by atoms with Gasteiger partial charge in [0.15, 0.2) is 23.1 Å². The third-order valence-electron chi connectivity index (χ3n) is 11.0. The zero-order valence-electron chi connectivity index (χ0n) is 29.1. The Morgan fingerprint density at radius 1 is 1.08 bits per heavy atom. The summed E-state index contributed by atoms with van der Waals surface area (Å²) < 4.78 is 16.0. The quantitative estimate of drug-likeness (QED) is 0.274. The van der Waals surface area contributed by atoms with Crippen LogP contribution < -0.4 is 26.4 Å². The van der Waals surface area contributed by atoms with Crippen molar-refractivity contribution in [3.8, 4) is 17.2 Å². The van der Waals surface area contributed by atoms with E-state index in [1.54, 1.807) is 57.3 Å². The third kappa shape index (κ3) is 4.89. The molecule has 1 aliphatic heterocycles. The van der Waals surface area contributed by atoms with Crippen LogP contribution in [0.1, 0.15) is 49.0 Å².